The van der Waals surface area contributed by atoms with Gasteiger partial charge in [-0.05, 0) is 32.2 Å². The maximum absolute atomic E-state index is 8.82. The van der Waals surface area contributed by atoms with Gasteiger partial charge in [-0.1, -0.05) is 0 Å². The maximum atomic E-state index is 8.82. The van der Waals surface area contributed by atoms with Gasteiger partial charge in [0, 0.05) is 19.1 Å². The zero-order valence-electron chi connectivity index (χ0n) is 8.16. The highest BCUT2D eigenvalue weighted by Gasteiger charge is 2.35. The predicted molar refractivity (Wildman–Crippen MR) is 51.2 cm³/mol. The van der Waals surface area contributed by atoms with E-state index in [4.69, 9.17) is 5.26 Å². The maximum Gasteiger partial charge on any atom is 0.0950 e. The summed E-state index contributed by atoms with van der Waals surface area (Å²) in [4.78, 5) is 2.30. The highest BCUT2D eigenvalue weighted by molar-refractivity contribution is 4.98. The minimum atomic E-state index is 0.0902. The van der Waals surface area contributed by atoms with Crippen LogP contribution in [-0.4, -0.2) is 36.6 Å². The highest BCUT2D eigenvalue weighted by atomic mass is 15.2. The summed E-state index contributed by atoms with van der Waals surface area (Å²) in [6.07, 6.45) is 2.64. The first-order valence-electron chi connectivity index (χ1n) is 5.18. The number of rotatable bonds is 1. The zero-order chi connectivity index (χ0) is 9.26. The summed E-state index contributed by atoms with van der Waals surface area (Å²) in [6.45, 7) is 5.35. The molecule has 2 aliphatic rings. The standard InChI is InChI=1S/C10H17N3/c1-8(5-11)13-6-9-3-2-4-12-10(9)7-13/h8-10,12H,2-4,6-7H2,1H3. The van der Waals surface area contributed by atoms with Crippen molar-refractivity contribution in [1.82, 2.24) is 10.2 Å². The van der Waals surface area contributed by atoms with Gasteiger partial charge in [-0.3, -0.25) is 4.90 Å². The first-order valence-corrected chi connectivity index (χ1v) is 5.18. The Kier molecular flexibility index (Phi) is 2.52. The molecule has 13 heavy (non-hydrogen) atoms. The van der Waals surface area contributed by atoms with Gasteiger partial charge in [0.25, 0.3) is 0 Å². The van der Waals surface area contributed by atoms with Crippen molar-refractivity contribution in [2.45, 2.75) is 31.8 Å². The summed E-state index contributed by atoms with van der Waals surface area (Å²) < 4.78 is 0. The van der Waals surface area contributed by atoms with Crippen molar-refractivity contribution < 1.29 is 0 Å². The Morgan fingerprint density at radius 3 is 3.08 bits per heavy atom. The molecule has 0 aromatic heterocycles. The molecule has 2 fully saturated rings. The summed E-state index contributed by atoms with van der Waals surface area (Å²) >= 11 is 0. The van der Waals surface area contributed by atoms with Crippen molar-refractivity contribution in [3.8, 4) is 6.07 Å². The summed E-state index contributed by atoms with van der Waals surface area (Å²) in [6, 6.07) is 3.06. The molecule has 3 heteroatoms. The second-order valence-corrected chi connectivity index (χ2v) is 4.22. The second kappa shape index (κ2) is 3.65. The lowest BCUT2D eigenvalue weighted by molar-refractivity contribution is 0.290. The zero-order valence-corrected chi connectivity index (χ0v) is 8.16. The molecule has 3 atom stereocenters. The summed E-state index contributed by atoms with van der Waals surface area (Å²) in [5.41, 5.74) is 0. The second-order valence-electron chi connectivity index (χ2n) is 4.22. The quantitative estimate of drug-likeness (QED) is 0.640. The van der Waals surface area contributed by atoms with E-state index >= 15 is 0 Å². The van der Waals surface area contributed by atoms with E-state index in [2.05, 4.69) is 16.3 Å². The lowest BCUT2D eigenvalue weighted by Crippen LogP contribution is -2.41. The lowest BCUT2D eigenvalue weighted by atomic mass is 9.94. The third-order valence-electron chi connectivity index (χ3n) is 3.36. The number of likely N-dealkylation sites (tertiary alicyclic amines) is 1. The van der Waals surface area contributed by atoms with E-state index in [0.29, 0.717) is 6.04 Å². The topological polar surface area (TPSA) is 39.1 Å². The van der Waals surface area contributed by atoms with Gasteiger partial charge in [0.1, 0.15) is 0 Å². The van der Waals surface area contributed by atoms with Crippen LogP contribution in [0.2, 0.25) is 0 Å². The molecular formula is C10H17N3. The molecule has 72 valence electrons. The summed E-state index contributed by atoms with van der Waals surface area (Å²) in [5.74, 6) is 0.796. The van der Waals surface area contributed by atoms with E-state index in [1.807, 2.05) is 6.92 Å². The number of piperidine rings is 1. The fourth-order valence-corrected chi connectivity index (χ4v) is 2.48. The molecule has 0 amide bonds. The number of nitrogens with one attached hydrogen (secondary N) is 1. The highest BCUT2D eigenvalue weighted by Crippen LogP contribution is 2.25. The molecule has 2 rings (SSSR count). The van der Waals surface area contributed by atoms with Gasteiger partial charge < -0.3 is 5.32 Å². The van der Waals surface area contributed by atoms with Crippen LogP contribution in [-0.2, 0) is 0 Å². The Bertz CT molecular complexity index is 207. The van der Waals surface area contributed by atoms with E-state index in [1.165, 1.54) is 12.8 Å². The van der Waals surface area contributed by atoms with Crippen LogP contribution in [0.15, 0.2) is 0 Å². The van der Waals surface area contributed by atoms with Crippen molar-refractivity contribution in [2.75, 3.05) is 19.6 Å². The SMILES string of the molecule is CC(C#N)N1CC2CCCNC2C1. The van der Waals surface area contributed by atoms with Crippen LogP contribution in [0.4, 0.5) is 0 Å². The predicted octanol–water partition coefficient (Wildman–Crippen LogP) is 0.582. The number of hydrogen-bond acceptors (Lipinski definition) is 3. The molecule has 1 N–H and O–H groups in total. The average Bonchev–Trinajstić information content (AvgIpc) is 2.59. The summed E-state index contributed by atoms with van der Waals surface area (Å²) in [5, 5.41) is 12.4. The van der Waals surface area contributed by atoms with Crippen LogP contribution >= 0.6 is 0 Å². The molecule has 2 heterocycles. The lowest BCUT2D eigenvalue weighted by Gasteiger charge is -2.24. The Morgan fingerprint density at radius 1 is 1.54 bits per heavy atom. The fraction of sp³-hybridized carbons (Fsp3) is 0.900. The summed E-state index contributed by atoms with van der Waals surface area (Å²) in [7, 11) is 0. The van der Waals surface area contributed by atoms with Crippen LogP contribution in [0.25, 0.3) is 0 Å². The fourth-order valence-electron chi connectivity index (χ4n) is 2.48. The van der Waals surface area contributed by atoms with E-state index in [9.17, 15) is 0 Å². The van der Waals surface area contributed by atoms with Gasteiger partial charge >= 0.3 is 0 Å². The first kappa shape index (κ1) is 8.98. The van der Waals surface area contributed by atoms with E-state index < -0.39 is 0 Å². The molecule has 0 radical (unpaired) electrons. The van der Waals surface area contributed by atoms with E-state index in [1.54, 1.807) is 0 Å². The monoisotopic (exact) mass is 179 g/mol. The van der Waals surface area contributed by atoms with Crippen LogP contribution in [0.5, 0.6) is 0 Å². The molecule has 0 saturated carbocycles. The van der Waals surface area contributed by atoms with Crippen molar-refractivity contribution in [3.63, 3.8) is 0 Å². The number of hydrogen-bond donors (Lipinski definition) is 1. The van der Waals surface area contributed by atoms with Gasteiger partial charge in [-0.15, -0.1) is 0 Å². The average molecular weight is 179 g/mol. The molecule has 0 bridgehead atoms. The van der Waals surface area contributed by atoms with Gasteiger partial charge in [-0.25, -0.2) is 0 Å². The minimum Gasteiger partial charge on any atom is -0.312 e. The Hall–Kier alpha value is -0.590. The van der Waals surface area contributed by atoms with Crippen LogP contribution in [0.1, 0.15) is 19.8 Å². The van der Waals surface area contributed by atoms with E-state index in [0.717, 1.165) is 25.6 Å². The number of nitrogens with zero attached hydrogens (tertiary/aromatic N) is 2. The van der Waals surface area contributed by atoms with Crippen LogP contribution < -0.4 is 5.32 Å². The number of nitriles is 1. The smallest absolute Gasteiger partial charge is 0.0950 e. The number of fused-ring (bicyclic) bond motifs is 1. The minimum absolute atomic E-state index is 0.0902. The van der Waals surface area contributed by atoms with Crippen LogP contribution in [0, 0.1) is 17.2 Å². The Labute approximate surface area is 79.7 Å². The molecule has 3 nitrogen and oxygen atoms in total. The molecule has 0 aromatic carbocycles. The molecule has 3 unspecified atom stereocenters. The van der Waals surface area contributed by atoms with E-state index in [-0.39, 0.29) is 6.04 Å². The molecule has 0 aromatic rings. The molecule has 0 spiro atoms. The van der Waals surface area contributed by atoms with Gasteiger partial charge in [0.2, 0.25) is 0 Å². The Morgan fingerprint density at radius 2 is 2.38 bits per heavy atom. The van der Waals surface area contributed by atoms with Crippen LogP contribution in [0.3, 0.4) is 0 Å². The first-order chi connectivity index (χ1) is 6.31. The van der Waals surface area contributed by atoms with Gasteiger partial charge in [0.05, 0.1) is 12.1 Å². The van der Waals surface area contributed by atoms with Crippen molar-refractivity contribution >= 4 is 0 Å². The molecule has 0 aliphatic carbocycles. The normalized spacial score (nSPS) is 36.6. The third-order valence-corrected chi connectivity index (χ3v) is 3.36. The molecule has 2 saturated heterocycles. The van der Waals surface area contributed by atoms with Crippen molar-refractivity contribution in [2.24, 2.45) is 5.92 Å². The molecule has 2 aliphatic heterocycles. The largest absolute Gasteiger partial charge is 0.312 e. The third kappa shape index (κ3) is 1.70. The van der Waals surface area contributed by atoms with Gasteiger partial charge in [0.15, 0.2) is 0 Å². The molecular weight excluding hydrogens is 162 g/mol. The Balaban J connectivity index is 1.95. The van der Waals surface area contributed by atoms with Gasteiger partial charge in [-0.2, -0.15) is 5.26 Å². The van der Waals surface area contributed by atoms with Crippen molar-refractivity contribution in [1.29, 1.82) is 5.26 Å². The van der Waals surface area contributed by atoms with Crippen molar-refractivity contribution in [3.05, 3.63) is 0 Å².